The van der Waals surface area contributed by atoms with Crippen molar-refractivity contribution in [3.05, 3.63) is 58.5 Å². The van der Waals surface area contributed by atoms with Crippen LogP contribution in [-0.2, 0) is 16.8 Å². The number of carbonyl (C=O) groups is 1. The second kappa shape index (κ2) is 6.12. The van der Waals surface area contributed by atoms with Crippen LogP contribution >= 0.6 is 0 Å². The number of aromatic nitrogens is 4. The van der Waals surface area contributed by atoms with E-state index < -0.39 is 11.5 Å². The van der Waals surface area contributed by atoms with Crippen LogP contribution < -0.4 is 11.0 Å². The first-order chi connectivity index (χ1) is 11.8. The topological polar surface area (TPSA) is 81.8 Å². The van der Waals surface area contributed by atoms with Crippen molar-refractivity contribution >= 4 is 16.9 Å². The summed E-state index contributed by atoms with van der Waals surface area (Å²) in [5, 5.41) is 4.54. The Morgan fingerprint density at radius 2 is 1.92 bits per heavy atom. The number of carbonyl (C=O) groups excluding carboxylic acids is 1. The van der Waals surface area contributed by atoms with E-state index in [1.165, 1.54) is 36.8 Å². The molecule has 0 bridgehead atoms. The van der Waals surface area contributed by atoms with Crippen molar-refractivity contribution in [2.24, 2.45) is 0 Å². The summed E-state index contributed by atoms with van der Waals surface area (Å²) in [6.45, 7) is 5.87. The Hall–Kier alpha value is -3.03. The molecule has 1 amide bonds. The van der Waals surface area contributed by atoms with E-state index in [2.05, 4.69) is 15.5 Å². The van der Waals surface area contributed by atoms with Gasteiger partial charge in [-0.05, 0) is 38.5 Å². The number of nitrogens with one attached hydrogen (secondary N) is 1. The van der Waals surface area contributed by atoms with E-state index in [-0.39, 0.29) is 17.8 Å². The fraction of sp³-hybridized carbons (Fsp3) is 0.294. The maximum Gasteiger partial charge on any atom is 0.283 e. The number of hydrogen-bond donors (Lipinski definition) is 1. The molecule has 0 spiro atoms. The first kappa shape index (κ1) is 16.8. The summed E-state index contributed by atoms with van der Waals surface area (Å²) in [5.41, 5.74) is 2.86. The first-order valence-corrected chi connectivity index (χ1v) is 7.76. The molecule has 0 saturated heterocycles. The van der Waals surface area contributed by atoms with E-state index in [0.29, 0.717) is 16.6 Å². The van der Waals surface area contributed by atoms with Crippen LogP contribution in [0.15, 0.2) is 41.6 Å². The number of rotatable bonds is 3. The minimum Gasteiger partial charge on any atom is -0.273 e. The number of amides is 1. The quantitative estimate of drug-likeness (QED) is 0.786. The maximum atomic E-state index is 12.9. The lowest BCUT2D eigenvalue weighted by atomic mass is 10.1. The van der Waals surface area contributed by atoms with E-state index in [4.69, 9.17) is 0 Å². The molecule has 0 radical (unpaired) electrons. The number of hydrogen-bond acceptors (Lipinski definition) is 4. The smallest absolute Gasteiger partial charge is 0.273 e. The zero-order valence-corrected chi connectivity index (χ0v) is 14.2. The summed E-state index contributed by atoms with van der Waals surface area (Å²) >= 11 is 0. The summed E-state index contributed by atoms with van der Waals surface area (Å²) in [7, 11) is 0. The van der Waals surface area contributed by atoms with Gasteiger partial charge in [0, 0.05) is 0 Å². The van der Waals surface area contributed by atoms with Crippen molar-refractivity contribution in [1.82, 2.24) is 19.4 Å². The lowest BCUT2D eigenvalue weighted by molar-refractivity contribution is -0.116. The monoisotopic (exact) mass is 343 g/mol. The summed E-state index contributed by atoms with van der Waals surface area (Å²) in [5.74, 6) is -0.774. The molecule has 2 aromatic heterocycles. The zero-order chi connectivity index (χ0) is 18.2. The highest BCUT2D eigenvalue weighted by Crippen LogP contribution is 2.17. The highest BCUT2D eigenvalue weighted by Gasteiger charge is 2.20. The molecule has 0 saturated carbocycles. The van der Waals surface area contributed by atoms with Crippen LogP contribution in [0.25, 0.3) is 11.0 Å². The molecular weight excluding hydrogens is 325 g/mol. The van der Waals surface area contributed by atoms with Crippen molar-refractivity contribution in [1.29, 1.82) is 0 Å². The molecule has 130 valence electrons. The van der Waals surface area contributed by atoms with E-state index in [1.54, 1.807) is 4.68 Å². The largest absolute Gasteiger partial charge is 0.283 e. The van der Waals surface area contributed by atoms with Gasteiger partial charge in [-0.25, -0.2) is 18.7 Å². The molecule has 0 aliphatic heterocycles. The van der Waals surface area contributed by atoms with Crippen LogP contribution in [0.3, 0.4) is 0 Å². The molecule has 1 N–H and O–H groups in total. The Morgan fingerprint density at radius 3 is 2.56 bits per heavy atom. The van der Waals surface area contributed by atoms with Gasteiger partial charge in [-0.2, -0.15) is 5.10 Å². The average molecular weight is 343 g/mol. The molecule has 8 heteroatoms. The molecule has 25 heavy (non-hydrogen) atoms. The number of halogens is 1. The van der Waals surface area contributed by atoms with Gasteiger partial charge in [0.2, 0.25) is 5.91 Å². The standard InChI is InChI=1S/C17H18FN5O2/c1-17(2,3)23-15-13(9-20-23)16(25)22(10-19-15)21-14(24)8-11-4-6-12(18)7-5-11/h4-7,9-10H,8H2,1-3H3,(H,21,24). The Morgan fingerprint density at radius 1 is 1.24 bits per heavy atom. The molecule has 7 nitrogen and oxygen atoms in total. The third-order valence-corrected chi connectivity index (χ3v) is 3.65. The molecule has 3 aromatic rings. The highest BCUT2D eigenvalue weighted by atomic mass is 19.1. The lowest BCUT2D eigenvalue weighted by Crippen LogP contribution is -2.34. The molecule has 2 heterocycles. The summed E-state index contributed by atoms with van der Waals surface area (Å²) < 4.78 is 15.6. The van der Waals surface area contributed by atoms with Gasteiger partial charge in [0.25, 0.3) is 5.56 Å². The SMILES string of the molecule is CC(C)(C)n1ncc2c(=O)n(NC(=O)Cc3ccc(F)cc3)cnc21. The normalized spacial score (nSPS) is 11.7. The third-order valence-electron chi connectivity index (χ3n) is 3.65. The van der Waals surface area contributed by atoms with Gasteiger partial charge in [-0.3, -0.25) is 15.0 Å². The Bertz CT molecular complexity index is 983. The fourth-order valence-corrected chi connectivity index (χ4v) is 2.44. The number of benzene rings is 1. The van der Waals surface area contributed by atoms with Crippen LogP contribution in [0, 0.1) is 5.82 Å². The second-order valence-corrected chi connectivity index (χ2v) is 6.72. The van der Waals surface area contributed by atoms with Crippen molar-refractivity contribution in [2.75, 3.05) is 5.43 Å². The fourth-order valence-electron chi connectivity index (χ4n) is 2.44. The van der Waals surface area contributed by atoms with Gasteiger partial charge in [-0.15, -0.1) is 0 Å². The van der Waals surface area contributed by atoms with Crippen LogP contribution in [0.5, 0.6) is 0 Å². The van der Waals surface area contributed by atoms with Crippen molar-refractivity contribution in [3.8, 4) is 0 Å². The second-order valence-electron chi connectivity index (χ2n) is 6.72. The molecule has 3 rings (SSSR count). The molecule has 1 aromatic carbocycles. The molecule has 0 atom stereocenters. The Labute approximate surface area is 143 Å². The van der Waals surface area contributed by atoms with E-state index in [0.717, 1.165) is 4.68 Å². The maximum absolute atomic E-state index is 12.9. The van der Waals surface area contributed by atoms with Crippen LogP contribution in [-0.4, -0.2) is 25.3 Å². The van der Waals surface area contributed by atoms with Gasteiger partial charge in [0.1, 0.15) is 17.5 Å². The van der Waals surface area contributed by atoms with Crippen molar-refractivity contribution < 1.29 is 9.18 Å². The summed E-state index contributed by atoms with van der Waals surface area (Å²) in [6, 6.07) is 5.60. The van der Waals surface area contributed by atoms with Gasteiger partial charge >= 0.3 is 0 Å². The number of nitrogens with zero attached hydrogens (tertiary/aromatic N) is 4. The minimum atomic E-state index is -0.409. The molecule has 0 unspecified atom stereocenters. The van der Waals surface area contributed by atoms with Crippen molar-refractivity contribution in [2.45, 2.75) is 32.7 Å². The van der Waals surface area contributed by atoms with E-state index >= 15 is 0 Å². The summed E-state index contributed by atoms with van der Waals surface area (Å²) in [6.07, 6.45) is 2.72. The Kier molecular flexibility index (Phi) is 4.12. The zero-order valence-electron chi connectivity index (χ0n) is 14.2. The molecule has 0 aliphatic carbocycles. The predicted octanol–water partition coefficient (Wildman–Crippen LogP) is 1.80. The molecule has 0 aliphatic rings. The van der Waals surface area contributed by atoms with Gasteiger partial charge in [-0.1, -0.05) is 12.1 Å². The van der Waals surface area contributed by atoms with Gasteiger partial charge in [0.15, 0.2) is 5.65 Å². The highest BCUT2D eigenvalue weighted by molar-refractivity contribution is 5.86. The van der Waals surface area contributed by atoms with Crippen LogP contribution in [0.4, 0.5) is 4.39 Å². The average Bonchev–Trinajstić information content (AvgIpc) is 2.97. The van der Waals surface area contributed by atoms with Crippen molar-refractivity contribution in [3.63, 3.8) is 0 Å². The van der Waals surface area contributed by atoms with Crippen LogP contribution in [0.1, 0.15) is 26.3 Å². The van der Waals surface area contributed by atoms with E-state index in [9.17, 15) is 14.0 Å². The molecule has 0 fully saturated rings. The summed E-state index contributed by atoms with van der Waals surface area (Å²) in [4.78, 5) is 28.9. The van der Waals surface area contributed by atoms with Gasteiger partial charge < -0.3 is 0 Å². The van der Waals surface area contributed by atoms with Crippen LogP contribution in [0.2, 0.25) is 0 Å². The van der Waals surface area contributed by atoms with E-state index in [1.807, 2.05) is 20.8 Å². The Balaban J connectivity index is 1.84. The van der Waals surface area contributed by atoms with Gasteiger partial charge in [0.05, 0.1) is 18.2 Å². The lowest BCUT2D eigenvalue weighted by Gasteiger charge is -2.19. The predicted molar refractivity (Wildman–Crippen MR) is 91.3 cm³/mol. The third kappa shape index (κ3) is 3.42. The first-order valence-electron chi connectivity index (χ1n) is 7.76. The minimum absolute atomic E-state index is 0.0199. The number of fused-ring (bicyclic) bond motifs is 1. The molecular formula is C17H18FN5O2.